The zero-order valence-corrected chi connectivity index (χ0v) is 22.0. The lowest BCUT2D eigenvalue weighted by molar-refractivity contribution is -0.142. The van der Waals surface area contributed by atoms with Gasteiger partial charge in [0.2, 0.25) is 0 Å². The SMILES string of the molecule is C=CCC(C)(C)[C@@](C)(C=C)CCOC(C)=O.C=CCC(C)(C)[C@](C)(C=C)CCOC(C)=O. The number of allylic oxidation sites excluding steroid dienone is 4. The molecule has 0 saturated heterocycles. The van der Waals surface area contributed by atoms with Gasteiger partial charge in [0.25, 0.3) is 0 Å². The third-order valence-corrected chi connectivity index (χ3v) is 7.16. The second-order valence-corrected chi connectivity index (χ2v) is 10.2. The molecule has 0 aromatic rings. The zero-order valence-electron chi connectivity index (χ0n) is 22.0. The highest BCUT2D eigenvalue weighted by molar-refractivity contribution is 5.66. The fraction of sp³-hybridized carbons (Fsp3) is 0.643. The van der Waals surface area contributed by atoms with E-state index in [0.29, 0.717) is 13.2 Å². The van der Waals surface area contributed by atoms with Crippen molar-refractivity contribution in [3.8, 4) is 0 Å². The van der Waals surface area contributed by atoms with Gasteiger partial charge in [-0.1, -0.05) is 65.8 Å². The van der Waals surface area contributed by atoms with Crippen LogP contribution in [0.3, 0.4) is 0 Å². The minimum absolute atomic E-state index is 0.0589. The maximum atomic E-state index is 10.7. The monoisotopic (exact) mass is 448 g/mol. The average molecular weight is 449 g/mol. The van der Waals surface area contributed by atoms with Crippen LogP contribution in [0.2, 0.25) is 0 Å². The number of rotatable bonds is 14. The summed E-state index contributed by atoms with van der Waals surface area (Å²) in [4.78, 5) is 21.5. The van der Waals surface area contributed by atoms with Gasteiger partial charge in [0.15, 0.2) is 0 Å². The van der Waals surface area contributed by atoms with Gasteiger partial charge in [-0.15, -0.1) is 26.3 Å². The van der Waals surface area contributed by atoms with Crippen molar-refractivity contribution < 1.29 is 19.1 Å². The van der Waals surface area contributed by atoms with Gasteiger partial charge >= 0.3 is 11.9 Å². The van der Waals surface area contributed by atoms with E-state index in [1.165, 1.54) is 13.8 Å². The molecule has 0 aromatic heterocycles. The van der Waals surface area contributed by atoms with E-state index in [2.05, 4.69) is 67.9 Å². The maximum absolute atomic E-state index is 10.7. The predicted octanol–water partition coefficient (Wildman–Crippen LogP) is 7.47. The van der Waals surface area contributed by atoms with Crippen LogP contribution in [0.25, 0.3) is 0 Å². The Bertz CT molecular complexity index is 588. The molecular formula is C28H48O4. The lowest BCUT2D eigenvalue weighted by Gasteiger charge is -2.42. The van der Waals surface area contributed by atoms with Crippen LogP contribution >= 0.6 is 0 Å². The van der Waals surface area contributed by atoms with Gasteiger partial charge in [-0.05, 0) is 47.3 Å². The summed E-state index contributed by atoms with van der Waals surface area (Å²) < 4.78 is 10.0. The van der Waals surface area contributed by atoms with E-state index >= 15 is 0 Å². The quantitative estimate of drug-likeness (QED) is 0.204. The van der Waals surface area contributed by atoms with Crippen LogP contribution in [-0.4, -0.2) is 25.2 Å². The Kier molecular flexibility index (Phi) is 14.2. The zero-order chi connectivity index (χ0) is 25.6. The molecule has 0 aliphatic carbocycles. The van der Waals surface area contributed by atoms with Gasteiger partial charge in [0.05, 0.1) is 13.2 Å². The van der Waals surface area contributed by atoms with Gasteiger partial charge in [-0.25, -0.2) is 0 Å². The van der Waals surface area contributed by atoms with Crippen molar-refractivity contribution >= 4 is 11.9 Å². The Morgan fingerprint density at radius 1 is 0.656 bits per heavy atom. The summed E-state index contributed by atoms with van der Waals surface area (Å²) in [5.74, 6) is -0.458. The minimum atomic E-state index is -0.229. The lowest BCUT2D eigenvalue weighted by Crippen LogP contribution is -2.34. The molecule has 0 aliphatic heterocycles. The smallest absolute Gasteiger partial charge is 0.302 e. The number of hydrogen-bond donors (Lipinski definition) is 0. The molecule has 0 spiro atoms. The van der Waals surface area contributed by atoms with Crippen LogP contribution in [0.1, 0.15) is 81.1 Å². The van der Waals surface area contributed by atoms with E-state index in [0.717, 1.165) is 25.7 Å². The third-order valence-electron chi connectivity index (χ3n) is 7.16. The first kappa shape index (κ1) is 32.1. The number of esters is 2. The second-order valence-electron chi connectivity index (χ2n) is 10.2. The van der Waals surface area contributed by atoms with Crippen molar-refractivity contribution in [3.63, 3.8) is 0 Å². The van der Waals surface area contributed by atoms with Gasteiger partial charge < -0.3 is 9.47 Å². The summed E-state index contributed by atoms with van der Waals surface area (Å²) in [5.41, 5.74) is 0.0145. The molecular weight excluding hydrogens is 400 g/mol. The summed E-state index contributed by atoms with van der Waals surface area (Å²) in [7, 11) is 0. The molecule has 0 amide bonds. The molecule has 0 fully saturated rings. The van der Waals surface area contributed by atoms with E-state index < -0.39 is 0 Å². The molecule has 184 valence electrons. The number of carbonyl (C=O) groups is 2. The van der Waals surface area contributed by atoms with E-state index in [1.807, 2.05) is 24.3 Å². The fourth-order valence-corrected chi connectivity index (χ4v) is 3.44. The van der Waals surface area contributed by atoms with Crippen LogP contribution in [0, 0.1) is 21.7 Å². The van der Waals surface area contributed by atoms with Crippen LogP contribution < -0.4 is 0 Å². The van der Waals surface area contributed by atoms with Crippen LogP contribution in [0.5, 0.6) is 0 Å². The largest absolute Gasteiger partial charge is 0.466 e. The second kappa shape index (κ2) is 14.1. The first-order valence-corrected chi connectivity index (χ1v) is 11.3. The molecule has 0 saturated carbocycles. The summed E-state index contributed by atoms with van der Waals surface area (Å²) in [6.45, 7) is 32.2. The van der Waals surface area contributed by atoms with Crippen LogP contribution in [-0.2, 0) is 19.1 Å². The molecule has 0 radical (unpaired) electrons. The Morgan fingerprint density at radius 2 is 0.938 bits per heavy atom. The van der Waals surface area contributed by atoms with Gasteiger partial charge in [0, 0.05) is 13.8 Å². The molecule has 4 heteroatoms. The van der Waals surface area contributed by atoms with Crippen LogP contribution in [0.4, 0.5) is 0 Å². The van der Waals surface area contributed by atoms with Gasteiger partial charge in [-0.3, -0.25) is 9.59 Å². The van der Waals surface area contributed by atoms with E-state index in [1.54, 1.807) is 0 Å². The van der Waals surface area contributed by atoms with Crippen LogP contribution in [0.15, 0.2) is 50.6 Å². The predicted molar refractivity (Wildman–Crippen MR) is 136 cm³/mol. The summed E-state index contributed by atoms with van der Waals surface area (Å²) >= 11 is 0. The summed E-state index contributed by atoms with van der Waals surface area (Å²) in [5, 5.41) is 0. The van der Waals surface area contributed by atoms with E-state index in [4.69, 9.17) is 9.47 Å². The van der Waals surface area contributed by atoms with Crippen molar-refractivity contribution in [1.29, 1.82) is 0 Å². The third kappa shape index (κ3) is 10.5. The molecule has 0 N–H and O–H groups in total. The summed E-state index contributed by atoms with van der Waals surface area (Å²) in [6.07, 6.45) is 11.2. The normalized spacial score (nSPS) is 15.0. The standard InChI is InChI=1S/2C14H24O2/c2*1-7-9-13(4,5)14(6,8-2)10-11-16-12(3)15/h2*7-8H,1-2,9-11H2,3-6H3/t2*14-/m10/s1. The molecule has 0 unspecified atom stereocenters. The van der Waals surface area contributed by atoms with Crippen molar-refractivity contribution in [3.05, 3.63) is 50.6 Å². The van der Waals surface area contributed by atoms with Crippen molar-refractivity contribution in [2.24, 2.45) is 21.7 Å². The molecule has 32 heavy (non-hydrogen) atoms. The molecule has 0 aliphatic rings. The highest BCUT2D eigenvalue weighted by Gasteiger charge is 2.38. The first-order chi connectivity index (χ1) is 14.6. The minimum Gasteiger partial charge on any atom is -0.466 e. The Hall–Kier alpha value is -2.10. The first-order valence-electron chi connectivity index (χ1n) is 11.3. The van der Waals surface area contributed by atoms with Gasteiger partial charge in [0.1, 0.15) is 0 Å². The molecule has 2 atom stereocenters. The Labute approximate surface area is 197 Å². The topological polar surface area (TPSA) is 52.6 Å². The molecule has 4 nitrogen and oxygen atoms in total. The fourth-order valence-electron chi connectivity index (χ4n) is 3.44. The number of carbonyl (C=O) groups excluding carboxylic acids is 2. The van der Waals surface area contributed by atoms with Crippen molar-refractivity contribution in [2.45, 2.75) is 81.1 Å². The molecule has 0 aromatic carbocycles. The average Bonchev–Trinajstić information content (AvgIpc) is 2.67. The van der Waals surface area contributed by atoms with E-state index in [-0.39, 0.29) is 33.6 Å². The maximum Gasteiger partial charge on any atom is 0.302 e. The number of ether oxygens (including phenoxy) is 2. The lowest BCUT2D eigenvalue weighted by atomic mass is 9.63. The molecule has 0 heterocycles. The Morgan fingerprint density at radius 3 is 1.12 bits per heavy atom. The Balaban J connectivity index is 0. The highest BCUT2D eigenvalue weighted by atomic mass is 16.5. The van der Waals surface area contributed by atoms with Gasteiger partial charge in [-0.2, -0.15) is 0 Å². The summed E-state index contributed by atoms with van der Waals surface area (Å²) in [6, 6.07) is 0. The number of hydrogen-bond acceptors (Lipinski definition) is 4. The molecule has 0 bridgehead atoms. The van der Waals surface area contributed by atoms with E-state index in [9.17, 15) is 9.59 Å². The van der Waals surface area contributed by atoms with Crippen molar-refractivity contribution in [2.75, 3.05) is 13.2 Å². The van der Waals surface area contributed by atoms with Crippen molar-refractivity contribution in [1.82, 2.24) is 0 Å². The molecule has 0 rings (SSSR count). The highest BCUT2D eigenvalue weighted by Crippen LogP contribution is 2.46.